The molecule has 0 aliphatic heterocycles. The molecule has 0 aromatic heterocycles. The van der Waals surface area contributed by atoms with Crippen LogP contribution in [0.3, 0.4) is 0 Å². The maximum absolute atomic E-state index is 11.0. The molecule has 0 saturated heterocycles. The Hall–Kier alpha value is -2.29. The first-order valence-corrected chi connectivity index (χ1v) is 5.65. The van der Waals surface area contributed by atoms with E-state index >= 15 is 0 Å². The standard InChI is InChI=1S/C15H14O3/c1-18-14-10-12(7-8-13(14)15(16)17)9-11-5-3-2-4-6-11/h2-8,10H,9H2,1H3,(H,16,17). The second-order valence-electron chi connectivity index (χ2n) is 4.00. The van der Waals surface area contributed by atoms with Gasteiger partial charge in [-0.3, -0.25) is 0 Å². The zero-order valence-corrected chi connectivity index (χ0v) is 10.1. The molecule has 2 aromatic carbocycles. The van der Waals surface area contributed by atoms with E-state index in [0.29, 0.717) is 5.75 Å². The van der Waals surface area contributed by atoms with Crippen molar-refractivity contribution in [2.24, 2.45) is 0 Å². The van der Waals surface area contributed by atoms with Gasteiger partial charge >= 0.3 is 5.97 Å². The Kier molecular flexibility index (Phi) is 3.63. The Labute approximate surface area is 106 Å². The van der Waals surface area contributed by atoms with E-state index in [2.05, 4.69) is 0 Å². The highest BCUT2D eigenvalue weighted by Gasteiger charge is 2.11. The van der Waals surface area contributed by atoms with Gasteiger partial charge in [-0.2, -0.15) is 0 Å². The van der Waals surface area contributed by atoms with Crippen LogP contribution in [0.5, 0.6) is 5.75 Å². The first-order valence-electron chi connectivity index (χ1n) is 5.65. The minimum Gasteiger partial charge on any atom is -0.496 e. The lowest BCUT2D eigenvalue weighted by Crippen LogP contribution is -2.01. The lowest BCUT2D eigenvalue weighted by atomic mass is 10.0. The Morgan fingerprint density at radius 2 is 1.83 bits per heavy atom. The van der Waals surface area contributed by atoms with E-state index in [1.165, 1.54) is 12.7 Å². The van der Waals surface area contributed by atoms with Crippen molar-refractivity contribution in [2.45, 2.75) is 6.42 Å². The third-order valence-corrected chi connectivity index (χ3v) is 2.75. The number of hydrogen-bond donors (Lipinski definition) is 1. The number of carbonyl (C=O) groups is 1. The van der Waals surface area contributed by atoms with Crippen molar-refractivity contribution in [3.05, 3.63) is 65.2 Å². The van der Waals surface area contributed by atoms with Gasteiger partial charge in [-0.1, -0.05) is 36.4 Å². The van der Waals surface area contributed by atoms with Crippen LogP contribution in [0.4, 0.5) is 0 Å². The predicted octanol–water partition coefficient (Wildman–Crippen LogP) is 2.98. The van der Waals surface area contributed by atoms with E-state index in [-0.39, 0.29) is 5.56 Å². The Bertz CT molecular complexity index is 547. The molecule has 0 aliphatic rings. The molecule has 0 unspecified atom stereocenters. The fourth-order valence-corrected chi connectivity index (χ4v) is 1.85. The smallest absolute Gasteiger partial charge is 0.339 e. The molecule has 18 heavy (non-hydrogen) atoms. The van der Waals surface area contributed by atoms with Gasteiger partial charge in [0.15, 0.2) is 0 Å². The average molecular weight is 242 g/mol. The van der Waals surface area contributed by atoms with E-state index in [0.717, 1.165) is 12.0 Å². The van der Waals surface area contributed by atoms with Crippen LogP contribution in [-0.2, 0) is 6.42 Å². The van der Waals surface area contributed by atoms with Crippen molar-refractivity contribution < 1.29 is 14.6 Å². The molecule has 92 valence electrons. The summed E-state index contributed by atoms with van der Waals surface area (Å²) in [6.45, 7) is 0. The number of aromatic carboxylic acids is 1. The summed E-state index contributed by atoms with van der Waals surface area (Å²) in [5.74, 6) is -0.575. The van der Waals surface area contributed by atoms with Crippen molar-refractivity contribution >= 4 is 5.97 Å². The second-order valence-corrected chi connectivity index (χ2v) is 4.00. The van der Waals surface area contributed by atoms with E-state index in [1.54, 1.807) is 12.1 Å². The molecule has 0 radical (unpaired) electrons. The minimum absolute atomic E-state index is 0.189. The third-order valence-electron chi connectivity index (χ3n) is 2.75. The lowest BCUT2D eigenvalue weighted by molar-refractivity contribution is 0.0693. The van der Waals surface area contributed by atoms with Gasteiger partial charge in [-0.25, -0.2) is 4.79 Å². The summed E-state index contributed by atoms with van der Waals surface area (Å²) < 4.78 is 5.10. The van der Waals surface area contributed by atoms with Crippen LogP contribution in [0.15, 0.2) is 48.5 Å². The fourth-order valence-electron chi connectivity index (χ4n) is 1.85. The lowest BCUT2D eigenvalue weighted by Gasteiger charge is -2.08. The predicted molar refractivity (Wildman–Crippen MR) is 69.2 cm³/mol. The first kappa shape index (κ1) is 12.2. The Morgan fingerprint density at radius 1 is 1.11 bits per heavy atom. The summed E-state index contributed by atoms with van der Waals surface area (Å²) >= 11 is 0. The molecule has 0 spiro atoms. The molecular weight excluding hydrogens is 228 g/mol. The van der Waals surface area contributed by atoms with Crippen molar-refractivity contribution in [1.82, 2.24) is 0 Å². The second kappa shape index (κ2) is 5.36. The molecule has 0 saturated carbocycles. The Balaban J connectivity index is 2.28. The largest absolute Gasteiger partial charge is 0.496 e. The van der Waals surface area contributed by atoms with Gasteiger partial charge < -0.3 is 9.84 Å². The number of carboxylic acid groups (broad SMARTS) is 1. The maximum atomic E-state index is 11.0. The molecule has 0 aliphatic carbocycles. The van der Waals surface area contributed by atoms with E-state index in [1.807, 2.05) is 36.4 Å². The van der Waals surface area contributed by atoms with Gasteiger partial charge in [-0.15, -0.1) is 0 Å². The van der Waals surface area contributed by atoms with Crippen molar-refractivity contribution in [3.8, 4) is 5.75 Å². The number of benzene rings is 2. The molecule has 0 heterocycles. The normalized spacial score (nSPS) is 10.1. The highest BCUT2D eigenvalue weighted by atomic mass is 16.5. The van der Waals surface area contributed by atoms with Crippen LogP contribution in [-0.4, -0.2) is 18.2 Å². The van der Waals surface area contributed by atoms with Crippen LogP contribution in [0.1, 0.15) is 21.5 Å². The van der Waals surface area contributed by atoms with E-state index < -0.39 is 5.97 Å². The number of rotatable bonds is 4. The molecule has 2 aromatic rings. The fraction of sp³-hybridized carbons (Fsp3) is 0.133. The van der Waals surface area contributed by atoms with Gasteiger partial charge in [0.25, 0.3) is 0 Å². The average Bonchev–Trinajstić information content (AvgIpc) is 2.39. The zero-order chi connectivity index (χ0) is 13.0. The first-order chi connectivity index (χ1) is 8.70. The SMILES string of the molecule is COc1cc(Cc2ccccc2)ccc1C(=O)O. The topological polar surface area (TPSA) is 46.5 Å². The van der Waals surface area contributed by atoms with Crippen LogP contribution in [0.2, 0.25) is 0 Å². The molecule has 3 nitrogen and oxygen atoms in total. The molecular formula is C15H14O3. The molecule has 1 N–H and O–H groups in total. The van der Waals surface area contributed by atoms with Crippen molar-refractivity contribution in [2.75, 3.05) is 7.11 Å². The van der Waals surface area contributed by atoms with Gasteiger partial charge in [0.2, 0.25) is 0 Å². The quantitative estimate of drug-likeness (QED) is 0.896. The van der Waals surface area contributed by atoms with Gasteiger partial charge in [-0.05, 0) is 29.7 Å². The molecule has 0 amide bonds. The number of ether oxygens (including phenoxy) is 1. The van der Waals surface area contributed by atoms with E-state index in [9.17, 15) is 4.79 Å². The molecule has 0 bridgehead atoms. The van der Waals surface area contributed by atoms with Crippen LogP contribution in [0, 0.1) is 0 Å². The third kappa shape index (κ3) is 2.69. The van der Waals surface area contributed by atoms with Crippen LogP contribution in [0.25, 0.3) is 0 Å². The van der Waals surface area contributed by atoms with Gasteiger partial charge in [0, 0.05) is 0 Å². The Morgan fingerprint density at radius 3 is 2.44 bits per heavy atom. The molecule has 0 atom stereocenters. The maximum Gasteiger partial charge on any atom is 0.339 e. The number of methoxy groups -OCH3 is 1. The number of carboxylic acids is 1. The van der Waals surface area contributed by atoms with Crippen LogP contribution >= 0.6 is 0 Å². The summed E-state index contributed by atoms with van der Waals surface area (Å²) in [7, 11) is 1.48. The monoisotopic (exact) mass is 242 g/mol. The zero-order valence-electron chi connectivity index (χ0n) is 10.1. The highest BCUT2D eigenvalue weighted by Crippen LogP contribution is 2.21. The van der Waals surface area contributed by atoms with Crippen molar-refractivity contribution in [3.63, 3.8) is 0 Å². The van der Waals surface area contributed by atoms with Crippen molar-refractivity contribution in [1.29, 1.82) is 0 Å². The van der Waals surface area contributed by atoms with Crippen LogP contribution < -0.4 is 4.74 Å². The summed E-state index contributed by atoms with van der Waals surface area (Å²) in [5.41, 5.74) is 2.40. The summed E-state index contributed by atoms with van der Waals surface area (Å²) in [6.07, 6.45) is 0.761. The number of hydrogen-bond acceptors (Lipinski definition) is 2. The van der Waals surface area contributed by atoms with Gasteiger partial charge in [0.05, 0.1) is 7.11 Å². The summed E-state index contributed by atoms with van der Waals surface area (Å²) in [5, 5.41) is 9.00. The highest BCUT2D eigenvalue weighted by molar-refractivity contribution is 5.91. The molecule has 0 fully saturated rings. The summed E-state index contributed by atoms with van der Waals surface area (Å²) in [6, 6.07) is 15.2. The summed E-state index contributed by atoms with van der Waals surface area (Å²) in [4.78, 5) is 11.0. The molecule has 3 heteroatoms. The molecule has 2 rings (SSSR count). The minimum atomic E-state index is -0.974. The van der Waals surface area contributed by atoms with Gasteiger partial charge in [0.1, 0.15) is 11.3 Å². The van der Waals surface area contributed by atoms with E-state index in [4.69, 9.17) is 9.84 Å².